The fourth-order valence-electron chi connectivity index (χ4n) is 14.1. The average Bonchev–Trinajstić information content (AvgIpc) is 3.64. The zero-order valence-electron chi connectivity index (χ0n) is 35.3. The zero-order valence-corrected chi connectivity index (χ0v) is 35.3. The van der Waals surface area contributed by atoms with Gasteiger partial charge in [-0.15, -0.1) is 0 Å². The van der Waals surface area contributed by atoms with Crippen LogP contribution in [-0.2, 0) is 5.41 Å². The lowest BCUT2D eigenvalue weighted by molar-refractivity contribution is 0.154. The van der Waals surface area contributed by atoms with Gasteiger partial charge in [0.25, 0.3) is 0 Å². The van der Waals surface area contributed by atoms with Crippen LogP contribution in [0.5, 0.6) is 0 Å². The van der Waals surface area contributed by atoms with Crippen molar-refractivity contribution in [1.82, 2.24) is 10.2 Å². The molecule has 3 heterocycles. The maximum absolute atomic E-state index is 10.1. The molecule has 11 rings (SSSR count). The van der Waals surface area contributed by atoms with Gasteiger partial charge in [0.05, 0.1) is 22.7 Å². The predicted molar refractivity (Wildman–Crippen MR) is 240 cm³/mol. The molecule has 8 unspecified atom stereocenters. The SMILES string of the molecule is CC1CC2CCC(C1)C21c2ccccc2N(C2C=C(C3=CC=CCC3(C)N3c4ccc(C#N)cc4C4C(C)CC=CC43C)NC(c3ccccc3)N2C)c2ccccc21. The molecular formula is C54H57N5. The summed E-state index contributed by atoms with van der Waals surface area (Å²) in [5.41, 5.74) is 12.2. The lowest BCUT2D eigenvalue weighted by Gasteiger charge is -2.56. The van der Waals surface area contributed by atoms with E-state index in [1.54, 1.807) is 0 Å². The molecule has 5 nitrogen and oxygen atoms in total. The van der Waals surface area contributed by atoms with Gasteiger partial charge in [-0.1, -0.05) is 111 Å². The molecule has 59 heavy (non-hydrogen) atoms. The second-order valence-electron chi connectivity index (χ2n) is 19.5. The number of hydrogen-bond acceptors (Lipinski definition) is 5. The highest BCUT2D eigenvalue weighted by atomic mass is 15.4. The first-order valence-corrected chi connectivity index (χ1v) is 22.3. The maximum atomic E-state index is 10.1. The number of anilines is 3. The van der Waals surface area contributed by atoms with Crippen molar-refractivity contribution in [2.45, 2.75) is 101 Å². The van der Waals surface area contributed by atoms with Crippen LogP contribution in [0.2, 0.25) is 0 Å². The molecule has 0 radical (unpaired) electrons. The first-order chi connectivity index (χ1) is 28.7. The fourth-order valence-corrected chi connectivity index (χ4v) is 14.1. The number of allylic oxidation sites excluding steroid dienone is 3. The normalized spacial score (nSPS) is 33.6. The number of hydrogen-bond donors (Lipinski definition) is 1. The summed E-state index contributed by atoms with van der Waals surface area (Å²) in [6, 6.07) is 38.9. The third-order valence-corrected chi connectivity index (χ3v) is 16.2. The van der Waals surface area contributed by atoms with E-state index in [4.69, 9.17) is 0 Å². The van der Waals surface area contributed by atoms with Crippen LogP contribution in [0.4, 0.5) is 17.1 Å². The number of likely N-dealkylation sites (N-methyl/N-ethyl adjacent to an activating group) is 1. The van der Waals surface area contributed by atoms with Crippen molar-refractivity contribution in [1.29, 1.82) is 5.26 Å². The molecule has 2 saturated carbocycles. The van der Waals surface area contributed by atoms with Crippen LogP contribution in [0.1, 0.15) is 106 Å². The minimum Gasteiger partial charge on any atom is -0.366 e. The summed E-state index contributed by atoms with van der Waals surface area (Å²) < 4.78 is 0. The summed E-state index contributed by atoms with van der Waals surface area (Å²) in [6.45, 7) is 9.80. The lowest BCUT2D eigenvalue weighted by Crippen LogP contribution is -2.61. The summed E-state index contributed by atoms with van der Waals surface area (Å²) in [4.78, 5) is 7.99. The molecular weight excluding hydrogens is 719 g/mol. The van der Waals surface area contributed by atoms with E-state index < -0.39 is 0 Å². The highest BCUT2D eigenvalue weighted by Gasteiger charge is 2.60. The van der Waals surface area contributed by atoms with Crippen LogP contribution >= 0.6 is 0 Å². The molecule has 298 valence electrons. The van der Waals surface area contributed by atoms with Crippen molar-refractivity contribution in [2.24, 2.45) is 23.7 Å². The van der Waals surface area contributed by atoms with Gasteiger partial charge in [-0.3, -0.25) is 4.90 Å². The largest absolute Gasteiger partial charge is 0.366 e. The topological polar surface area (TPSA) is 45.5 Å². The van der Waals surface area contributed by atoms with Crippen LogP contribution in [0.15, 0.2) is 145 Å². The Kier molecular flexibility index (Phi) is 8.31. The molecule has 0 amide bonds. The monoisotopic (exact) mass is 775 g/mol. The summed E-state index contributed by atoms with van der Waals surface area (Å²) >= 11 is 0. The van der Waals surface area contributed by atoms with E-state index in [9.17, 15) is 5.26 Å². The molecule has 3 aliphatic heterocycles. The zero-order chi connectivity index (χ0) is 40.3. The Morgan fingerprint density at radius 1 is 0.797 bits per heavy atom. The quantitative estimate of drug-likeness (QED) is 0.209. The first kappa shape index (κ1) is 36.7. The average molecular weight is 776 g/mol. The van der Waals surface area contributed by atoms with Crippen LogP contribution in [0, 0.1) is 35.0 Å². The van der Waals surface area contributed by atoms with Gasteiger partial charge in [-0.05, 0) is 142 Å². The lowest BCUT2D eigenvalue weighted by atomic mass is 9.54. The smallest absolute Gasteiger partial charge is 0.110 e. The number of nitriles is 1. The van der Waals surface area contributed by atoms with Crippen molar-refractivity contribution < 1.29 is 0 Å². The van der Waals surface area contributed by atoms with E-state index >= 15 is 0 Å². The Labute approximate surface area is 351 Å². The van der Waals surface area contributed by atoms with Crippen molar-refractivity contribution in [3.05, 3.63) is 173 Å². The fraction of sp³-hybridized carbons (Fsp3) is 0.389. The Morgan fingerprint density at radius 2 is 1.47 bits per heavy atom. The van der Waals surface area contributed by atoms with E-state index in [1.807, 2.05) is 6.07 Å². The van der Waals surface area contributed by atoms with Crippen LogP contribution in [-0.4, -0.2) is 29.2 Å². The Balaban J connectivity index is 1.10. The molecule has 4 aliphatic carbocycles. The van der Waals surface area contributed by atoms with E-state index in [0.717, 1.165) is 24.3 Å². The molecule has 2 bridgehead atoms. The molecule has 4 aromatic rings. The van der Waals surface area contributed by atoms with Gasteiger partial charge in [-0.2, -0.15) is 5.26 Å². The summed E-state index contributed by atoms with van der Waals surface area (Å²) in [7, 11) is 2.31. The Morgan fingerprint density at radius 3 is 2.17 bits per heavy atom. The Bertz CT molecular complexity index is 2440. The third-order valence-electron chi connectivity index (χ3n) is 16.2. The Hall–Kier alpha value is -5.31. The molecule has 5 heteroatoms. The number of rotatable bonds is 4. The third kappa shape index (κ3) is 5.05. The van der Waals surface area contributed by atoms with E-state index in [-0.39, 0.29) is 34.7 Å². The minimum atomic E-state index is -0.386. The number of fused-ring (bicyclic) bond motifs is 5. The van der Waals surface area contributed by atoms with Gasteiger partial charge < -0.3 is 15.1 Å². The van der Waals surface area contributed by atoms with Crippen LogP contribution in [0.25, 0.3) is 0 Å². The van der Waals surface area contributed by atoms with Gasteiger partial charge in [0.1, 0.15) is 12.3 Å². The van der Waals surface area contributed by atoms with E-state index in [0.29, 0.717) is 17.8 Å². The summed E-state index contributed by atoms with van der Waals surface area (Å²) in [5, 5.41) is 14.2. The van der Waals surface area contributed by atoms with Crippen molar-refractivity contribution >= 4 is 17.1 Å². The predicted octanol–water partition coefficient (Wildman–Crippen LogP) is 11.8. The van der Waals surface area contributed by atoms with Crippen LogP contribution < -0.4 is 15.1 Å². The van der Waals surface area contributed by atoms with Crippen molar-refractivity contribution in [3.8, 4) is 6.07 Å². The van der Waals surface area contributed by atoms with Gasteiger partial charge in [-0.25, -0.2) is 0 Å². The van der Waals surface area contributed by atoms with Gasteiger partial charge >= 0.3 is 0 Å². The van der Waals surface area contributed by atoms with Gasteiger partial charge in [0.15, 0.2) is 0 Å². The van der Waals surface area contributed by atoms with E-state index in [2.05, 4.69) is 188 Å². The molecule has 0 aromatic heterocycles. The van der Waals surface area contributed by atoms with Crippen molar-refractivity contribution in [2.75, 3.05) is 16.8 Å². The summed E-state index contributed by atoms with van der Waals surface area (Å²) in [6.07, 6.45) is 21.5. The van der Waals surface area contributed by atoms with Gasteiger partial charge in [0.2, 0.25) is 0 Å². The first-order valence-electron chi connectivity index (χ1n) is 22.3. The van der Waals surface area contributed by atoms with Crippen LogP contribution in [0.3, 0.4) is 0 Å². The molecule has 1 spiro atoms. The molecule has 7 aliphatic rings. The second-order valence-corrected chi connectivity index (χ2v) is 19.5. The number of benzene rings is 4. The highest BCUT2D eigenvalue weighted by molar-refractivity contribution is 5.81. The minimum absolute atomic E-state index is 0.0491. The number of para-hydroxylation sites is 2. The molecule has 0 saturated heterocycles. The summed E-state index contributed by atoms with van der Waals surface area (Å²) in [5.74, 6) is 2.83. The second kappa shape index (κ2) is 13.4. The molecule has 1 N–H and O–H groups in total. The molecule has 2 fully saturated rings. The van der Waals surface area contributed by atoms with E-state index in [1.165, 1.54) is 76.3 Å². The maximum Gasteiger partial charge on any atom is 0.110 e. The number of nitrogens with zero attached hydrogens (tertiary/aromatic N) is 4. The van der Waals surface area contributed by atoms with Crippen molar-refractivity contribution in [3.63, 3.8) is 0 Å². The number of nitrogens with one attached hydrogen (secondary N) is 1. The standard InChI is InChI=1S/C54H57N5/c1-35-30-39-25-26-40(31-35)54(39)43-20-9-11-22-47(43)58(48-23-12-10-21-44(48)54)49-33-45(56-51(57(49)5)38-17-7-6-8-18-38)42-19-13-14-28-52(42,3)59-46-27-24-37(34-55)32-41(46)50-36(2)16-15-29-53(50,59)4/h6-15,17-24,27,29,32-33,35-36,39-40,49-51,56H,16,25-26,28,30-31H2,1-5H3. The highest BCUT2D eigenvalue weighted by Crippen LogP contribution is 2.67. The van der Waals surface area contributed by atoms with Gasteiger partial charge in [0, 0.05) is 39.7 Å². The molecule has 8 atom stereocenters. The molecule has 4 aromatic carbocycles.